The highest BCUT2D eigenvalue weighted by atomic mass is 32.2. The molecule has 6 nitrogen and oxygen atoms in total. The van der Waals surface area contributed by atoms with Crippen molar-refractivity contribution < 1.29 is 26.0 Å². The molecule has 0 saturated heterocycles. The summed E-state index contributed by atoms with van der Waals surface area (Å²) in [5.41, 5.74) is -0.240. The minimum Gasteiger partial charge on any atom is -0.463 e. The SMILES string of the molecule is O=S(=O)(NCc1nccnc1-c1ccco1)c1ccc(C(F)(F)F)cc1. The molecule has 0 spiro atoms. The lowest BCUT2D eigenvalue weighted by Gasteiger charge is -2.10. The Hall–Kier alpha value is -2.72. The first-order valence-corrected chi connectivity index (χ1v) is 8.76. The molecule has 0 atom stereocenters. The van der Waals surface area contributed by atoms with Crippen molar-refractivity contribution in [1.82, 2.24) is 14.7 Å². The van der Waals surface area contributed by atoms with Gasteiger partial charge in [0.2, 0.25) is 10.0 Å². The number of alkyl halides is 3. The molecule has 0 aliphatic rings. The number of hydrogen-bond acceptors (Lipinski definition) is 5. The molecule has 2 heterocycles. The summed E-state index contributed by atoms with van der Waals surface area (Å²) in [6, 6.07) is 6.53. The largest absolute Gasteiger partial charge is 0.463 e. The van der Waals surface area contributed by atoms with E-state index in [9.17, 15) is 21.6 Å². The predicted octanol–water partition coefficient (Wildman–Crippen LogP) is 3.23. The van der Waals surface area contributed by atoms with Gasteiger partial charge in [0, 0.05) is 12.4 Å². The van der Waals surface area contributed by atoms with E-state index in [-0.39, 0.29) is 11.4 Å². The monoisotopic (exact) mass is 383 g/mol. The third-order valence-corrected chi connectivity index (χ3v) is 4.87. The number of benzene rings is 1. The summed E-state index contributed by atoms with van der Waals surface area (Å²) in [5.74, 6) is 0.418. The highest BCUT2D eigenvalue weighted by Crippen LogP contribution is 2.29. The molecule has 0 amide bonds. The molecule has 0 aliphatic heterocycles. The number of nitrogens with zero attached hydrogens (tertiary/aromatic N) is 2. The zero-order valence-corrected chi connectivity index (χ0v) is 13.9. The number of aromatic nitrogens is 2. The summed E-state index contributed by atoms with van der Waals surface area (Å²) in [5, 5.41) is 0. The van der Waals surface area contributed by atoms with Crippen LogP contribution in [0.3, 0.4) is 0 Å². The first kappa shape index (κ1) is 18.1. The highest BCUT2D eigenvalue weighted by Gasteiger charge is 2.30. The van der Waals surface area contributed by atoms with Crippen molar-refractivity contribution >= 4 is 10.0 Å². The van der Waals surface area contributed by atoms with Crippen LogP contribution in [0.4, 0.5) is 13.2 Å². The van der Waals surface area contributed by atoms with E-state index < -0.39 is 21.8 Å². The van der Waals surface area contributed by atoms with Crippen LogP contribution in [0.1, 0.15) is 11.3 Å². The van der Waals surface area contributed by atoms with Crippen molar-refractivity contribution in [2.24, 2.45) is 0 Å². The van der Waals surface area contributed by atoms with Gasteiger partial charge in [-0.1, -0.05) is 0 Å². The van der Waals surface area contributed by atoms with E-state index in [2.05, 4.69) is 14.7 Å². The number of halogens is 3. The third kappa shape index (κ3) is 3.92. The third-order valence-electron chi connectivity index (χ3n) is 3.45. The van der Waals surface area contributed by atoms with Crippen LogP contribution in [-0.2, 0) is 22.7 Å². The Morgan fingerprint density at radius 1 is 1.04 bits per heavy atom. The Morgan fingerprint density at radius 2 is 1.73 bits per heavy atom. The Morgan fingerprint density at radius 3 is 2.35 bits per heavy atom. The molecule has 0 saturated carbocycles. The van der Waals surface area contributed by atoms with Crippen molar-refractivity contribution in [2.75, 3.05) is 0 Å². The molecule has 0 aliphatic carbocycles. The molecule has 0 fully saturated rings. The highest BCUT2D eigenvalue weighted by molar-refractivity contribution is 7.89. The fourth-order valence-corrected chi connectivity index (χ4v) is 3.17. The number of rotatable bonds is 5. The molecule has 3 rings (SSSR count). The van der Waals surface area contributed by atoms with E-state index in [1.165, 1.54) is 18.7 Å². The van der Waals surface area contributed by atoms with Crippen LogP contribution in [0.2, 0.25) is 0 Å². The van der Waals surface area contributed by atoms with Gasteiger partial charge in [-0.3, -0.25) is 4.98 Å². The summed E-state index contributed by atoms with van der Waals surface area (Å²) in [7, 11) is -4.02. The molecule has 10 heteroatoms. The minimum absolute atomic E-state index is 0.201. The van der Waals surface area contributed by atoms with Crippen LogP contribution < -0.4 is 4.72 Å². The molecular weight excluding hydrogens is 371 g/mol. The maximum Gasteiger partial charge on any atom is 0.416 e. The van der Waals surface area contributed by atoms with Crippen LogP contribution in [0.25, 0.3) is 11.5 Å². The summed E-state index contributed by atoms with van der Waals surface area (Å²) in [6.45, 7) is -0.201. The molecule has 3 aromatic rings. The van der Waals surface area contributed by atoms with Gasteiger partial charge in [0.25, 0.3) is 0 Å². The van der Waals surface area contributed by atoms with Gasteiger partial charge in [-0.05, 0) is 36.4 Å². The van der Waals surface area contributed by atoms with Crippen LogP contribution in [0, 0.1) is 0 Å². The zero-order chi connectivity index (χ0) is 18.8. The zero-order valence-electron chi connectivity index (χ0n) is 13.1. The standard InChI is InChI=1S/C16H12F3N3O3S/c17-16(18,19)11-3-5-12(6-4-11)26(23,24)22-10-13-15(21-8-7-20-13)14-2-1-9-25-14/h1-9,22H,10H2. The van der Waals surface area contributed by atoms with Crippen molar-refractivity contribution in [3.8, 4) is 11.5 Å². The molecule has 0 unspecified atom stereocenters. The van der Waals surface area contributed by atoms with E-state index in [1.54, 1.807) is 12.1 Å². The summed E-state index contributed by atoms with van der Waals surface area (Å²) < 4.78 is 69.9. The summed E-state index contributed by atoms with van der Waals surface area (Å²) in [6.07, 6.45) is -0.257. The maximum atomic E-state index is 12.6. The lowest BCUT2D eigenvalue weighted by molar-refractivity contribution is -0.137. The van der Waals surface area contributed by atoms with Gasteiger partial charge in [0.05, 0.1) is 29.0 Å². The van der Waals surface area contributed by atoms with E-state index in [0.717, 1.165) is 12.1 Å². The van der Waals surface area contributed by atoms with Gasteiger partial charge < -0.3 is 4.42 Å². The van der Waals surface area contributed by atoms with Gasteiger partial charge in [-0.2, -0.15) is 13.2 Å². The molecule has 2 aromatic heterocycles. The van der Waals surface area contributed by atoms with Crippen LogP contribution in [0.15, 0.2) is 64.4 Å². The Labute approximate surface area is 146 Å². The molecule has 0 radical (unpaired) electrons. The van der Waals surface area contributed by atoms with Crippen LogP contribution in [-0.4, -0.2) is 18.4 Å². The quantitative estimate of drug-likeness (QED) is 0.731. The van der Waals surface area contributed by atoms with Crippen molar-refractivity contribution in [2.45, 2.75) is 17.6 Å². The summed E-state index contributed by atoms with van der Waals surface area (Å²) >= 11 is 0. The lowest BCUT2D eigenvalue weighted by atomic mass is 10.2. The van der Waals surface area contributed by atoms with Gasteiger partial charge >= 0.3 is 6.18 Å². The number of nitrogens with one attached hydrogen (secondary N) is 1. The Kier molecular flexibility index (Phi) is 4.79. The van der Waals surface area contributed by atoms with E-state index in [4.69, 9.17) is 4.42 Å². The fraction of sp³-hybridized carbons (Fsp3) is 0.125. The van der Waals surface area contributed by atoms with Gasteiger partial charge in [-0.15, -0.1) is 0 Å². The van der Waals surface area contributed by atoms with Gasteiger partial charge in [-0.25, -0.2) is 18.1 Å². The van der Waals surface area contributed by atoms with Crippen LogP contribution >= 0.6 is 0 Å². The van der Waals surface area contributed by atoms with E-state index >= 15 is 0 Å². The molecular formula is C16H12F3N3O3S. The second-order valence-corrected chi connectivity index (χ2v) is 6.94. The first-order chi connectivity index (χ1) is 12.3. The number of furan rings is 1. The smallest absolute Gasteiger partial charge is 0.416 e. The topological polar surface area (TPSA) is 85.1 Å². The molecule has 1 N–H and O–H groups in total. The van der Waals surface area contributed by atoms with Crippen molar-refractivity contribution in [3.63, 3.8) is 0 Å². The van der Waals surface area contributed by atoms with E-state index in [0.29, 0.717) is 29.3 Å². The Bertz CT molecular complexity index is 986. The molecule has 1 aromatic carbocycles. The number of sulfonamides is 1. The second kappa shape index (κ2) is 6.89. The average Bonchev–Trinajstić information content (AvgIpc) is 3.14. The van der Waals surface area contributed by atoms with Gasteiger partial charge in [0.15, 0.2) is 5.76 Å². The second-order valence-electron chi connectivity index (χ2n) is 5.18. The van der Waals surface area contributed by atoms with Crippen molar-refractivity contribution in [3.05, 3.63) is 66.3 Å². The Balaban J connectivity index is 1.80. The fourth-order valence-electron chi connectivity index (χ4n) is 2.19. The van der Waals surface area contributed by atoms with Crippen LogP contribution in [0.5, 0.6) is 0 Å². The maximum absolute atomic E-state index is 12.6. The van der Waals surface area contributed by atoms with E-state index in [1.807, 2.05) is 0 Å². The van der Waals surface area contributed by atoms with Gasteiger partial charge in [0.1, 0.15) is 5.69 Å². The predicted molar refractivity (Wildman–Crippen MR) is 85.2 cm³/mol. The molecule has 136 valence electrons. The normalized spacial score (nSPS) is 12.3. The number of hydrogen-bond donors (Lipinski definition) is 1. The molecule has 0 bridgehead atoms. The lowest BCUT2D eigenvalue weighted by Crippen LogP contribution is -2.24. The van der Waals surface area contributed by atoms with Crippen molar-refractivity contribution in [1.29, 1.82) is 0 Å². The molecule has 26 heavy (non-hydrogen) atoms. The minimum atomic E-state index is -4.53. The average molecular weight is 383 g/mol. The summed E-state index contributed by atoms with van der Waals surface area (Å²) in [4.78, 5) is 7.91. The first-order valence-electron chi connectivity index (χ1n) is 7.28.